The van der Waals surface area contributed by atoms with Crippen molar-refractivity contribution in [3.8, 4) is 0 Å². The second kappa shape index (κ2) is 5.61. The zero-order valence-electron chi connectivity index (χ0n) is 14.2. The van der Waals surface area contributed by atoms with E-state index in [2.05, 4.69) is 31.0 Å². The Labute approximate surface area is 146 Å². The predicted octanol–water partition coefficient (Wildman–Crippen LogP) is 5.30. The van der Waals surface area contributed by atoms with Crippen molar-refractivity contribution in [3.63, 3.8) is 0 Å². The zero-order chi connectivity index (χ0) is 17.8. The Morgan fingerprint density at radius 2 is 1.96 bits per heavy atom. The van der Waals surface area contributed by atoms with Gasteiger partial charge in [0, 0.05) is 18.3 Å². The largest absolute Gasteiger partial charge is 0.416 e. The maximum Gasteiger partial charge on any atom is 0.416 e. The SMILES string of the molecule is CC1(C)C[C@@H]2C[C@](C)(CN2C(=S)Nc2cccc(C(F)(F)F)c2)C1. The minimum absolute atomic E-state index is 0.228. The second-order valence-corrected chi connectivity index (χ2v) is 8.74. The lowest BCUT2D eigenvalue weighted by Crippen LogP contribution is -2.40. The fourth-order valence-electron chi connectivity index (χ4n) is 4.67. The minimum atomic E-state index is -4.35. The number of benzene rings is 1. The van der Waals surface area contributed by atoms with E-state index in [1.807, 2.05) is 0 Å². The molecule has 2 aliphatic rings. The summed E-state index contributed by atoms with van der Waals surface area (Å²) < 4.78 is 38.5. The van der Waals surface area contributed by atoms with Gasteiger partial charge < -0.3 is 10.2 Å². The van der Waals surface area contributed by atoms with Crippen LogP contribution in [0.4, 0.5) is 18.9 Å². The van der Waals surface area contributed by atoms with Crippen molar-refractivity contribution in [1.29, 1.82) is 0 Å². The van der Waals surface area contributed by atoms with Crippen LogP contribution < -0.4 is 5.32 Å². The van der Waals surface area contributed by atoms with Crippen LogP contribution in [0.1, 0.15) is 45.6 Å². The van der Waals surface area contributed by atoms with Gasteiger partial charge in [0.2, 0.25) is 0 Å². The fraction of sp³-hybridized carbons (Fsp3) is 0.611. The van der Waals surface area contributed by atoms with E-state index in [0.29, 0.717) is 16.8 Å². The number of alkyl halides is 3. The van der Waals surface area contributed by atoms with Crippen LogP contribution in [-0.2, 0) is 6.18 Å². The first-order valence-corrected chi connectivity index (χ1v) is 8.63. The number of hydrogen-bond donors (Lipinski definition) is 1. The maximum atomic E-state index is 12.8. The predicted molar refractivity (Wildman–Crippen MR) is 93.9 cm³/mol. The normalized spacial score (nSPS) is 28.8. The summed E-state index contributed by atoms with van der Waals surface area (Å²) in [4.78, 5) is 2.17. The fourth-order valence-corrected chi connectivity index (χ4v) is 5.00. The summed E-state index contributed by atoms with van der Waals surface area (Å²) in [6.45, 7) is 7.72. The molecule has 0 spiro atoms. The molecule has 3 rings (SSSR count). The highest BCUT2D eigenvalue weighted by molar-refractivity contribution is 7.80. The third-order valence-electron chi connectivity index (χ3n) is 5.12. The van der Waals surface area contributed by atoms with Crippen molar-refractivity contribution in [3.05, 3.63) is 29.8 Å². The quantitative estimate of drug-likeness (QED) is 0.687. The molecule has 1 saturated heterocycles. The van der Waals surface area contributed by atoms with Crippen molar-refractivity contribution in [2.45, 2.75) is 52.3 Å². The summed E-state index contributed by atoms with van der Waals surface area (Å²) in [6.07, 6.45) is -1.03. The number of hydrogen-bond acceptors (Lipinski definition) is 1. The van der Waals surface area contributed by atoms with Gasteiger partial charge in [-0.3, -0.25) is 0 Å². The van der Waals surface area contributed by atoms with E-state index in [1.54, 1.807) is 6.07 Å². The molecule has 0 unspecified atom stereocenters. The van der Waals surface area contributed by atoms with Gasteiger partial charge in [0.1, 0.15) is 0 Å². The number of fused-ring (bicyclic) bond motifs is 2. The van der Waals surface area contributed by atoms with Crippen LogP contribution in [0.3, 0.4) is 0 Å². The molecule has 1 aromatic carbocycles. The molecule has 24 heavy (non-hydrogen) atoms. The number of thiocarbonyl (C=S) groups is 1. The molecule has 0 radical (unpaired) electrons. The van der Waals surface area contributed by atoms with E-state index in [1.165, 1.54) is 6.07 Å². The number of rotatable bonds is 1. The summed E-state index contributed by atoms with van der Waals surface area (Å²) in [5.41, 5.74) is 0.230. The highest BCUT2D eigenvalue weighted by atomic mass is 32.1. The Balaban J connectivity index is 1.75. The molecule has 1 heterocycles. The first-order chi connectivity index (χ1) is 11.0. The lowest BCUT2D eigenvalue weighted by molar-refractivity contribution is -0.137. The summed E-state index contributed by atoms with van der Waals surface area (Å²) in [5, 5.41) is 3.54. The van der Waals surface area contributed by atoms with Crippen molar-refractivity contribution < 1.29 is 13.2 Å². The molecule has 1 aliphatic carbocycles. The van der Waals surface area contributed by atoms with Crippen LogP contribution in [0.25, 0.3) is 0 Å². The number of halogens is 3. The van der Waals surface area contributed by atoms with Gasteiger partial charge in [-0.25, -0.2) is 0 Å². The van der Waals surface area contributed by atoms with Crippen molar-refractivity contribution in [2.24, 2.45) is 10.8 Å². The molecule has 6 heteroatoms. The number of likely N-dealkylation sites (tertiary alicyclic amines) is 1. The first-order valence-electron chi connectivity index (χ1n) is 8.22. The lowest BCUT2D eigenvalue weighted by atomic mass is 9.65. The smallest absolute Gasteiger partial charge is 0.345 e. The molecule has 1 aromatic rings. The molecule has 2 bridgehead atoms. The van der Waals surface area contributed by atoms with Crippen LogP contribution in [0.2, 0.25) is 0 Å². The highest BCUT2D eigenvalue weighted by Gasteiger charge is 2.50. The molecular formula is C18H23F3N2S. The molecule has 0 amide bonds. The molecule has 2 atom stereocenters. The number of anilines is 1. The van der Waals surface area contributed by atoms with Gasteiger partial charge in [-0.1, -0.05) is 26.8 Å². The van der Waals surface area contributed by atoms with Gasteiger partial charge in [-0.15, -0.1) is 0 Å². The van der Waals surface area contributed by atoms with Gasteiger partial charge >= 0.3 is 6.18 Å². The average molecular weight is 356 g/mol. The summed E-state index contributed by atoms with van der Waals surface area (Å²) in [5.74, 6) is 0. The Morgan fingerprint density at radius 3 is 2.62 bits per heavy atom. The van der Waals surface area contributed by atoms with Crippen LogP contribution in [0.5, 0.6) is 0 Å². The second-order valence-electron chi connectivity index (χ2n) is 8.35. The van der Waals surface area contributed by atoms with Crippen LogP contribution in [-0.4, -0.2) is 22.6 Å². The Bertz CT molecular complexity index is 656. The maximum absolute atomic E-state index is 12.8. The third-order valence-corrected chi connectivity index (χ3v) is 5.45. The van der Waals surface area contributed by atoms with Gasteiger partial charge in [0.15, 0.2) is 5.11 Å². The standard InChI is InChI=1S/C18H23F3N2S/c1-16(2)8-14-9-17(3,10-16)11-23(14)15(24)22-13-6-4-5-12(7-13)18(19,20)21/h4-7,14H,8-11H2,1-3H3,(H,22,24)/t14-,17+/m1/s1. The molecule has 2 fully saturated rings. The van der Waals surface area contributed by atoms with Crippen LogP contribution in [0.15, 0.2) is 24.3 Å². The molecule has 132 valence electrons. The van der Waals surface area contributed by atoms with E-state index in [0.717, 1.165) is 37.9 Å². The van der Waals surface area contributed by atoms with E-state index >= 15 is 0 Å². The molecule has 0 aromatic heterocycles. The Morgan fingerprint density at radius 1 is 1.25 bits per heavy atom. The van der Waals surface area contributed by atoms with E-state index in [4.69, 9.17) is 12.2 Å². The topological polar surface area (TPSA) is 15.3 Å². The first kappa shape index (κ1) is 17.5. The van der Waals surface area contributed by atoms with Gasteiger partial charge in [0.05, 0.1) is 5.56 Å². The van der Waals surface area contributed by atoms with Crippen molar-refractivity contribution in [1.82, 2.24) is 4.90 Å². The molecule has 1 N–H and O–H groups in total. The Kier molecular flexibility index (Phi) is 4.10. The van der Waals surface area contributed by atoms with Gasteiger partial charge in [0.25, 0.3) is 0 Å². The average Bonchev–Trinajstić information content (AvgIpc) is 2.67. The van der Waals surface area contributed by atoms with Crippen LogP contribution >= 0.6 is 12.2 Å². The number of nitrogens with zero attached hydrogens (tertiary/aromatic N) is 1. The monoisotopic (exact) mass is 356 g/mol. The summed E-state index contributed by atoms with van der Waals surface area (Å²) >= 11 is 5.51. The summed E-state index contributed by atoms with van der Waals surface area (Å²) in [7, 11) is 0. The van der Waals surface area contributed by atoms with Crippen molar-refractivity contribution in [2.75, 3.05) is 11.9 Å². The number of nitrogens with one attached hydrogen (secondary N) is 1. The lowest BCUT2D eigenvalue weighted by Gasteiger charge is -2.39. The van der Waals surface area contributed by atoms with E-state index < -0.39 is 11.7 Å². The van der Waals surface area contributed by atoms with Crippen molar-refractivity contribution >= 4 is 23.0 Å². The Hall–Kier alpha value is -1.30. The van der Waals surface area contributed by atoms with E-state index in [9.17, 15) is 13.2 Å². The molecule has 1 saturated carbocycles. The molecular weight excluding hydrogens is 333 g/mol. The summed E-state index contributed by atoms with van der Waals surface area (Å²) in [6, 6.07) is 5.57. The van der Waals surface area contributed by atoms with Gasteiger partial charge in [-0.05, 0) is 60.5 Å². The van der Waals surface area contributed by atoms with Gasteiger partial charge in [-0.2, -0.15) is 13.2 Å². The zero-order valence-corrected chi connectivity index (χ0v) is 15.0. The van der Waals surface area contributed by atoms with Crippen LogP contribution in [0, 0.1) is 10.8 Å². The highest BCUT2D eigenvalue weighted by Crippen LogP contribution is 2.52. The molecule has 1 aliphatic heterocycles. The molecule has 2 nitrogen and oxygen atoms in total. The third kappa shape index (κ3) is 3.53. The van der Waals surface area contributed by atoms with E-state index in [-0.39, 0.29) is 10.8 Å². The minimum Gasteiger partial charge on any atom is -0.345 e.